The fourth-order valence-electron chi connectivity index (χ4n) is 3.46. The number of carbonyl (C=O) groups excluding carboxylic acids is 2. The number of hydrogen-bond acceptors (Lipinski definition) is 7. The molecule has 1 fully saturated rings. The van der Waals surface area contributed by atoms with Gasteiger partial charge in [-0.25, -0.2) is 4.98 Å². The van der Waals surface area contributed by atoms with Crippen molar-refractivity contribution >= 4 is 36.1 Å². The number of aromatic nitrogens is 2. The Morgan fingerprint density at radius 3 is 2.63 bits per heavy atom. The third kappa shape index (κ3) is 6.24. The zero-order valence-corrected chi connectivity index (χ0v) is 18.4. The normalized spacial score (nSPS) is 19.3. The maximum absolute atomic E-state index is 12.7. The molecule has 0 spiro atoms. The number of nitrogens with two attached hydrogens (primary N) is 1. The van der Waals surface area contributed by atoms with Crippen LogP contribution in [0.5, 0.6) is 0 Å². The van der Waals surface area contributed by atoms with Crippen molar-refractivity contribution in [3.8, 4) is 0 Å². The van der Waals surface area contributed by atoms with E-state index in [0.717, 1.165) is 12.1 Å². The lowest BCUT2D eigenvalue weighted by Crippen LogP contribution is -2.58. The fraction of sp³-hybridized carbons (Fsp3) is 0.667. The zero-order chi connectivity index (χ0) is 22.4. The standard InChI is InChI=1S/C18H31BN6O4S/c1-10(2)15(18(30)25-6-4-5-14(25)19(28)29)24-16(26)11(3)23-17(27)13(20)7-12-8-21-9-22-12/h8-11,13-15,28-29H,4-7,20H2,1-3H3,(H,21,22)(H,23,27)(H,24,26)/t11-,13-,14-,15-/m0/s1. The van der Waals surface area contributed by atoms with Gasteiger partial charge in [0.05, 0.1) is 24.4 Å². The number of H-pyrrole nitrogens is 1. The summed E-state index contributed by atoms with van der Waals surface area (Å²) in [7, 11) is -1.50. The lowest BCUT2D eigenvalue weighted by molar-refractivity contribution is -0.129. The van der Waals surface area contributed by atoms with Crippen molar-refractivity contribution in [2.45, 2.75) is 64.1 Å². The van der Waals surface area contributed by atoms with E-state index in [1.54, 1.807) is 18.0 Å². The second-order valence-corrected chi connectivity index (χ2v) is 8.42. The van der Waals surface area contributed by atoms with Crippen molar-refractivity contribution in [2.75, 3.05) is 6.54 Å². The third-order valence-corrected chi connectivity index (χ3v) is 5.73. The molecule has 2 heterocycles. The van der Waals surface area contributed by atoms with Gasteiger partial charge in [-0.3, -0.25) is 9.59 Å². The van der Waals surface area contributed by atoms with Crippen molar-refractivity contribution in [1.29, 1.82) is 0 Å². The Labute approximate surface area is 182 Å². The number of carbonyl (C=O) groups is 2. The van der Waals surface area contributed by atoms with Crippen molar-refractivity contribution in [3.63, 3.8) is 0 Å². The Kier molecular flexibility index (Phi) is 8.77. The molecule has 2 amide bonds. The number of amides is 2. The molecule has 0 aliphatic carbocycles. The van der Waals surface area contributed by atoms with Gasteiger partial charge in [0.15, 0.2) is 0 Å². The van der Waals surface area contributed by atoms with Crippen LogP contribution in [0.15, 0.2) is 12.5 Å². The quantitative estimate of drug-likeness (QED) is 0.206. The largest absolute Gasteiger partial charge is 0.475 e. The van der Waals surface area contributed by atoms with Gasteiger partial charge in [0, 0.05) is 24.9 Å². The van der Waals surface area contributed by atoms with Crippen LogP contribution < -0.4 is 16.4 Å². The van der Waals surface area contributed by atoms with Gasteiger partial charge in [-0.1, -0.05) is 26.1 Å². The molecule has 0 bridgehead atoms. The fourth-order valence-corrected chi connectivity index (χ4v) is 4.02. The van der Waals surface area contributed by atoms with E-state index in [0.29, 0.717) is 18.0 Å². The smallest absolute Gasteiger partial charge is 0.426 e. The highest BCUT2D eigenvalue weighted by Crippen LogP contribution is 2.22. The zero-order valence-electron chi connectivity index (χ0n) is 17.5. The lowest BCUT2D eigenvalue weighted by Gasteiger charge is -2.34. The van der Waals surface area contributed by atoms with Gasteiger partial charge in [0.25, 0.3) is 0 Å². The molecular weight excluding hydrogens is 407 g/mol. The molecule has 0 unspecified atom stereocenters. The minimum absolute atomic E-state index is 0.0240. The van der Waals surface area contributed by atoms with Gasteiger partial charge < -0.3 is 36.3 Å². The molecule has 1 aromatic heterocycles. The first kappa shape index (κ1) is 24.3. The molecule has 0 radical (unpaired) electrons. The highest BCUT2D eigenvalue weighted by molar-refractivity contribution is 7.80. The highest BCUT2D eigenvalue weighted by atomic mass is 32.1. The van der Waals surface area contributed by atoms with Crippen molar-refractivity contribution in [3.05, 3.63) is 18.2 Å². The second kappa shape index (κ2) is 10.8. The molecule has 10 nitrogen and oxygen atoms in total. The molecule has 1 aliphatic rings. The van der Waals surface area contributed by atoms with E-state index in [9.17, 15) is 19.6 Å². The lowest BCUT2D eigenvalue weighted by atomic mass is 9.77. The van der Waals surface area contributed by atoms with Gasteiger partial charge in [0.1, 0.15) is 11.0 Å². The summed E-state index contributed by atoms with van der Waals surface area (Å²) in [4.78, 5) is 34.0. The number of thiocarbonyl (C=S) groups is 1. The number of nitrogens with one attached hydrogen (secondary N) is 3. The molecule has 0 saturated carbocycles. The predicted octanol–water partition coefficient (Wildman–Crippen LogP) is -1.27. The first-order valence-corrected chi connectivity index (χ1v) is 10.5. The van der Waals surface area contributed by atoms with Crippen LogP contribution in [0.3, 0.4) is 0 Å². The summed E-state index contributed by atoms with van der Waals surface area (Å²) in [5, 5.41) is 24.7. The summed E-state index contributed by atoms with van der Waals surface area (Å²) in [5.41, 5.74) is 6.64. The molecule has 30 heavy (non-hydrogen) atoms. The minimum atomic E-state index is -1.50. The Balaban J connectivity index is 1.95. The van der Waals surface area contributed by atoms with E-state index < -0.39 is 43.0 Å². The minimum Gasteiger partial charge on any atom is -0.426 e. The molecule has 0 aromatic carbocycles. The molecule has 1 aromatic rings. The van der Waals surface area contributed by atoms with E-state index in [1.807, 2.05) is 13.8 Å². The van der Waals surface area contributed by atoms with Crippen LogP contribution in [0, 0.1) is 5.92 Å². The van der Waals surface area contributed by atoms with Crippen LogP contribution in [0.25, 0.3) is 0 Å². The summed E-state index contributed by atoms with van der Waals surface area (Å²) in [6.07, 6.45) is 4.79. The van der Waals surface area contributed by atoms with Gasteiger partial charge in [0.2, 0.25) is 11.8 Å². The summed E-state index contributed by atoms with van der Waals surface area (Å²) in [6.45, 7) is 6.02. The topological polar surface area (TPSA) is 157 Å². The predicted molar refractivity (Wildman–Crippen MR) is 117 cm³/mol. The van der Waals surface area contributed by atoms with Crippen LogP contribution in [0.2, 0.25) is 0 Å². The monoisotopic (exact) mass is 438 g/mol. The van der Waals surface area contributed by atoms with Gasteiger partial charge >= 0.3 is 7.12 Å². The number of imidazole rings is 1. The second-order valence-electron chi connectivity index (χ2n) is 8.00. The van der Waals surface area contributed by atoms with Gasteiger partial charge in [-0.05, 0) is 25.7 Å². The van der Waals surface area contributed by atoms with Crippen LogP contribution in [0.1, 0.15) is 39.3 Å². The Bertz CT molecular complexity index is 732. The average Bonchev–Trinajstić information content (AvgIpc) is 3.36. The van der Waals surface area contributed by atoms with Gasteiger partial charge in [-0.2, -0.15) is 0 Å². The van der Waals surface area contributed by atoms with E-state index in [4.69, 9.17) is 18.0 Å². The summed E-state index contributed by atoms with van der Waals surface area (Å²) < 4.78 is 0. The van der Waals surface area contributed by atoms with Crippen LogP contribution in [0.4, 0.5) is 0 Å². The van der Waals surface area contributed by atoms with Gasteiger partial charge in [-0.15, -0.1) is 0 Å². The molecule has 166 valence electrons. The number of hydrogen-bond donors (Lipinski definition) is 6. The molecule has 4 atom stereocenters. The SMILES string of the molecule is CC(C)[C@H](NC(=O)[C@H](C)NC(=O)[C@@H](N)Cc1cnc[nH]1)C(=S)N1CCC[C@H]1B(O)O. The Hall–Kier alpha value is -2.02. The number of likely N-dealkylation sites (tertiary alicyclic amines) is 1. The molecule has 2 rings (SSSR count). The van der Waals surface area contributed by atoms with E-state index >= 15 is 0 Å². The summed E-state index contributed by atoms with van der Waals surface area (Å²) in [6, 6.07) is -2.11. The van der Waals surface area contributed by atoms with Crippen LogP contribution >= 0.6 is 12.2 Å². The maximum atomic E-state index is 12.7. The first-order valence-electron chi connectivity index (χ1n) is 10.1. The van der Waals surface area contributed by atoms with Crippen molar-refractivity contribution < 1.29 is 19.6 Å². The Morgan fingerprint density at radius 2 is 2.07 bits per heavy atom. The van der Waals surface area contributed by atoms with Crippen molar-refractivity contribution in [2.24, 2.45) is 11.7 Å². The Morgan fingerprint density at radius 1 is 1.37 bits per heavy atom. The number of aromatic amines is 1. The number of rotatable bonds is 9. The van der Waals surface area contributed by atoms with Crippen LogP contribution in [-0.2, 0) is 16.0 Å². The average molecular weight is 438 g/mol. The molecule has 1 aliphatic heterocycles. The maximum Gasteiger partial charge on any atom is 0.475 e. The molecule has 7 N–H and O–H groups in total. The van der Waals surface area contributed by atoms with Crippen LogP contribution in [-0.4, -0.2) is 79.4 Å². The van der Waals surface area contributed by atoms with E-state index in [1.165, 1.54) is 6.33 Å². The number of nitrogens with zero attached hydrogens (tertiary/aromatic N) is 2. The summed E-state index contributed by atoms with van der Waals surface area (Å²) in [5.74, 6) is -1.34. The van der Waals surface area contributed by atoms with Crippen molar-refractivity contribution in [1.82, 2.24) is 25.5 Å². The highest BCUT2D eigenvalue weighted by Gasteiger charge is 2.38. The summed E-state index contributed by atoms with van der Waals surface area (Å²) >= 11 is 5.58. The molecule has 1 saturated heterocycles. The first-order chi connectivity index (χ1) is 14.1. The van der Waals surface area contributed by atoms with E-state index in [2.05, 4.69) is 20.6 Å². The molecular formula is C18H31BN6O4S. The molecule has 12 heteroatoms. The van der Waals surface area contributed by atoms with E-state index in [-0.39, 0.29) is 12.3 Å². The third-order valence-electron chi connectivity index (χ3n) is 5.24.